The molecule has 1 amide bonds. The van der Waals surface area contributed by atoms with Gasteiger partial charge in [0.2, 0.25) is 5.91 Å². The molecule has 0 bridgehead atoms. The summed E-state index contributed by atoms with van der Waals surface area (Å²) in [5.41, 5.74) is 0.279. The van der Waals surface area contributed by atoms with Crippen molar-refractivity contribution in [3.63, 3.8) is 0 Å². The fourth-order valence-electron chi connectivity index (χ4n) is 0.850. The summed E-state index contributed by atoms with van der Waals surface area (Å²) in [6.07, 6.45) is 0.991. The highest BCUT2D eigenvalue weighted by Crippen LogP contribution is 2.09. The lowest BCUT2D eigenvalue weighted by atomic mass is 10.2. The van der Waals surface area contributed by atoms with Gasteiger partial charge < -0.3 is 9.52 Å². The molecule has 0 spiro atoms. The summed E-state index contributed by atoms with van der Waals surface area (Å²) < 4.78 is 4.88. The van der Waals surface area contributed by atoms with Gasteiger partial charge in [-0.2, -0.15) is 4.98 Å². The maximum atomic E-state index is 11.2. The Hall–Kier alpha value is -1.85. The van der Waals surface area contributed by atoms with Gasteiger partial charge >= 0.3 is 12.0 Å². The van der Waals surface area contributed by atoms with Crippen LogP contribution in [-0.4, -0.2) is 22.0 Å². The van der Waals surface area contributed by atoms with Crippen LogP contribution in [0.3, 0.4) is 0 Å². The molecule has 0 fully saturated rings. The zero-order valence-corrected chi connectivity index (χ0v) is 8.48. The molecule has 82 valence electrons. The molecule has 15 heavy (non-hydrogen) atoms. The molecular formula is C9H12N2O4. The molecule has 0 saturated carbocycles. The fraction of sp³-hybridized carbons (Fsp3) is 0.444. The normalized spacial score (nSPS) is 10.3. The average molecular weight is 212 g/mol. The Morgan fingerprint density at radius 2 is 2.27 bits per heavy atom. The van der Waals surface area contributed by atoms with Crippen LogP contribution in [0.15, 0.2) is 10.7 Å². The molecule has 0 aliphatic carbocycles. The van der Waals surface area contributed by atoms with Crippen LogP contribution in [0.1, 0.15) is 19.5 Å². The van der Waals surface area contributed by atoms with Crippen LogP contribution in [0.2, 0.25) is 0 Å². The maximum Gasteiger partial charge on any atom is 0.309 e. The largest absolute Gasteiger partial charge is 0.481 e. The molecule has 1 heterocycles. The first kappa shape index (κ1) is 11.2. The van der Waals surface area contributed by atoms with Crippen molar-refractivity contribution in [3.8, 4) is 0 Å². The van der Waals surface area contributed by atoms with Crippen molar-refractivity contribution >= 4 is 17.9 Å². The molecular weight excluding hydrogens is 200 g/mol. The minimum Gasteiger partial charge on any atom is -0.481 e. The fourth-order valence-corrected chi connectivity index (χ4v) is 0.850. The van der Waals surface area contributed by atoms with E-state index in [0.29, 0.717) is 0 Å². The number of carboxylic acid groups (broad SMARTS) is 1. The van der Waals surface area contributed by atoms with Gasteiger partial charge in [0.05, 0.1) is 12.1 Å². The first-order valence-electron chi connectivity index (χ1n) is 4.46. The zero-order valence-electron chi connectivity index (χ0n) is 8.48. The standard InChI is InChI=1S/C9H12N2O4/c1-5(2)8(14)11-9-10-6(4-15-9)3-7(12)13/h4-5H,3H2,1-2H3,(H,12,13)(H,10,11,14). The minimum absolute atomic E-state index is 0.0324. The molecule has 6 heteroatoms. The van der Waals surface area contributed by atoms with Crippen molar-refractivity contribution in [1.29, 1.82) is 0 Å². The van der Waals surface area contributed by atoms with Crippen LogP contribution < -0.4 is 5.32 Å². The number of aromatic nitrogens is 1. The Labute approximate surface area is 86.3 Å². The molecule has 1 rings (SSSR count). The molecule has 1 aromatic heterocycles. The lowest BCUT2D eigenvalue weighted by Gasteiger charge is -2.01. The molecule has 0 radical (unpaired) electrons. The number of amides is 1. The first-order valence-corrected chi connectivity index (χ1v) is 4.46. The number of anilines is 1. The molecule has 2 N–H and O–H groups in total. The second-order valence-electron chi connectivity index (χ2n) is 3.36. The van der Waals surface area contributed by atoms with Gasteiger partial charge in [0, 0.05) is 5.92 Å². The van der Waals surface area contributed by atoms with Crippen LogP contribution in [0, 0.1) is 5.92 Å². The van der Waals surface area contributed by atoms with Crippen molar-refractivity contribution in [3.05, 3.63) is 12.0 Å². The molecule has 0 aliphatic rings. The van der Waals surface area contributed by atoms with Gasteiger partial charge in [0.1, 0.15) is 6.26 Å². The second kappa shape index (κ2) is 4.59. The van der Waals surface area contributed by atoms with E-state index in [4.69, 9.17) is 9.52 Å². The lowest BCUT2D eigenvalue weighted by Crippen LogP contribution is -2.17. The van der Waals surface area contributed by atoms with Crippen molar-refractivity contribution in [1.82, 2.24) is 4.98 Å². The Morgan fingerprint density at radius 1 is 1.60 bits per heavy atom. The number of aliphatic carboxylic acids is 1. The molecule has 0 saturated heterocycles. The second-order valence-corrected chi connectivity index (χ2v) is 3.36. The highest BCUT2D eigenvalue weighted by molar-refractivity contribution is 5.90. The summed E-state index contributed by atoms with van der Waals surface area (Å²) in [6, 6.07) is 0.0324. The molecule has 6 nitrogen and oxygen atoms in total. The minimum atomic E-state index is -0.995. The topological polar surface area (TPSA) is 92.4 Å². The highest BCUT2D eigenvalue weighted by atomic mass is 16.4. The van der Waals surface area contributed by atoms with Crippen LogP contribution in [-0.2, 0) is 16.0 Å². The number of carbonyl (C=O) groups excluding carboxylic acids is 1. The summed E-state index contributed by atoms with van der Waals surface area (Å²) in [7, 11) is 0. The molecule has 0 atom stereocenters. The van der Waals surface area contributed by atoms with Gasteiger partial charge in [0.25, 0.3) is 0 Å². The van der Waals surface area contributed by atoms with Gasteiger partial charge in [-0.05, 0) is 0 Å². The molecule has 0 aliphatic heterocycles. The van der Waals surface area contributed by atoms with Gasteiger partial charge in [-0.15, -0.1) is 0 Å². The number of rotatable bonds is 4. The van der Waals surface area contributed by atoms with E-state index >= 15 is 0 Å². The maximum absolute atomic E-state index is 11.2. The van der Waals surface area contributed by atoms with E-state index in [-0.39, 0.29) is 30.0 Å². The Balaban J connectivity index is 2.60. The lowest BCUT2D eigenvalue weighted by molar-refractivity contribution is -0.136. The predicted molar refractivity (Wildman–Crippen MR) is 51.3 cm³/mol. The van der Waals surface area contributed by atoms with E-state index in [1.165, 1.54) is 6.26 Å². The number of carboxylic acids is 1. The average Bonchev–Trinajstić information content (AvgIpc) is 2.51. The van der Waals surface area contributed by atoms with Gasteiger partial charge in [-0.25, -0.2) is 0 Å². The molecule has 0 unspecified atom stereocenters. The van der Waals surface area contributed by atoms with Crippen molar-refractivity contribution in [2.75, 3.05) is 5.32 Å². The molecule has 0 aromatic carbocycles. The van der Waals surface area contributed by atoms with E-state index in [1.54, 1.807) is 13.8 Å². The van der Waals surface area contributed by atoms with E-state index < -0.39 is 5.97 Å². The van der Waals surface area contributed by atoms with E-state index in [9.17, 15) is 9.59 Å². The number of hydrogen-bond acceptors (Lipinski definition) is 4. The highest BCUT2D eigenvalue weighted by Gasteiger charge is 2.12. The van der Waals surface area contributed by atoms with Crippen molar-refractivity contribution in [2.24, 2.45) is 5.92 Å². The van der Waals surface area contributed by atoms with Crippen LogP contribution >= 0.6 is 0 Å². The van der Waals surface area contributed by atoms with Gasteiger partial charge in [0.15, 0.2) is 0 Å². The number of nitrogens with one attached hydrogen (secondary N) is 1. The number of hydrogen-bond donors (Lipinski definition) is 2. The van der Waals surface area contributed by atoms with Gasteiger partial charge in [-0.1, -0.05) is 13.8 Å². The number of oxazole rings is 1. The SMILES string of the molecule is CC(C)C(=O)Nc1nc(CC(=O)O)co1. The monoisotopic (exact) mass is 212 g/mol. The number of carbonyl (C=O) groups is 2. The summed E-state index contributed by atoms with van der Waals surface area (Å²) in [5.74, 6) is -1.40. The van der Waals surface area contributed by atoms with Crippen molar-refractivity contribution < 1.29 is 19.1 Å². The van der Waals surface area contributed by atoms with Crippen LogP contribution in [0.25, 0.3) is 0 Å². The van der Waals surface area contributed by atoms with Crippen LogP contribution in [0.4, 0.5) is 6.01 Å². The quantitative estimate of drug-likeness (QED) is 0.773. The third kappa shape index (κ3) is 3.41. The summed E-state index contributed by atoms with van der Waals surface area (Å²) in [5, 5.41) is 10.9. The third-order valence-electron chi connectivity index (χ3n) is 1.64. The molecule has 1 aromatic rings. The summed E-state index contributed by atoms with van der Waals surface area (Å²) >= 11 is 0. The summed E-state index contributed by atoms with van der Waals surface area (Å²) in [6.45, 7) is 3.47. The van der Waals surface area contributed by atoms with Crippen molar-refractivity contribution in [2.45, 2.75) is 20.3 Å². The van der Waals surface area contributed by atoms with Gasteiger partial charge in [-0.3, -0.25) is 14.9 Å². The Bertz CT molecular complexity index is 370. The predicted octanol–water partition coefficient (Wildman–Crippen LogP) is 0.896. The van der Waals surface area contributed by atoms with E-state index in [0.717, 1.165) is 0 Å². The van der Waals surface area contributed by atoms with E-state index in [2.05, 4.69) is 10.3 Å². The summed E-state index contributed by atoms with van der Waals surface area (Å²) in [4.78, 5) is 25.3. The van der Waals surface area contributed by atoms with Crippen LogP contribution in [0.5, 0.6) is 0 Å². The zero-order chi connectivity index (χ0) is 11.4. The Morgan fingerprint density at radius 3 is 2.80 bits per heavy atom. The third-order valence-corrected chi connectivity index (χ3v) is 1.64. The smallest absolute Gasteiger partial charge is 0.309 e. The Kier molecular flexibility index (Phi) is 3.43. The van der Waals surface area contributed by atoms with E-state index in [1.807, 2.05) is 0 Å². The number of nitrogens with zero attached hydrogens (tertiary/aromatic N) is 1. The first-order chi connectivity index (χ1) is 6.99.